The maximum absolute atomic E-state index is 12.0. The maximum atomic E-state index is 12.0. The van der Waals surface area contributed by atoms with Crippen LogP contribution in [0.3, 0.4) is 0 Å². The lowest BCUT2D eigenvalue weighted by Gasteiger charge is -2.37. The van der Waals surface area contributed by atoms with Gasteiger partial charge in [-0.25, -0.2) is 14.4 Å². The molecule has 80 heavy (non-hydrogen) atoms. The number of carbonyl (C=O) groups excluding carboxylic acids is 4. The Balaban J connectivity index is 0.000000218. The zero-order chi connectivity index (χ0) is 55.2. The van der Waals surface area contributed by atoms with Crippen LogP contribution in [0.1, 0.15) is 168 Å². The van der Waals surface area contributed by atoms with E-state index in [1.807, 2.05) is 64.7 Å². The summed E-state index contributed by atoms with van der Waals surface area (Å²) in [5, 5.41) is 16.2. The van der Waals surface area contributed by atoms with Crippen LogP contribution in [0, 0.1) is 6.57 Å². The number of aromatic nitrogens is 6. The molecule has 9 rings (SSSR count). The van der Waals surface area contributed by atoms with Gasteiger partial charge in [0.05, 0.1) is 56.0 Å². The smallest absolute Gasteiger partial charge is 0.409 e. The van der Waals surface area contributed by atoms with Gasteiger partial charge >= 0.3 is 18.3 Å². The Hall–Kier alpha value is -5.76. The zero-order valence-corrected chi connectivity index (χ0v) is 47.3. The van der Waals surface area contributed by atoms with E-state index in [9.17, 15) is 19.2 Å². The van der Waals surface area contributed by atoms with Crippen LogP contribution in [0.2, 0.25) is 0 Å². The maximum Gasteiger partial charge on any atom is 0.409 e. The Morgan fingerprint density at radius 2 is 0.850 bits per heavy atom. The fraction of sp³-hybridized carbons (Fsp3) is 0.759. The quantitative estimate of drug-likeness (QED) is 0.129. The summed E-state index contributed by atoms with van der Waals surface area (Å²) in [6, 6.07) is 8.62. The Morgan fingerprint density at radius 3 is 1.21 bits per heavy atom. The van der Waals surface area contributed by atoms with Gasteiger partial charge in [-0.15, -0.1) is 5.10 Å². The van der Waals surface area contributed by atoms with Gasteiger partial charge in [-0.05, 0) is 122 Å². The lowest BCUT2D eigenvalue weighted by Crippen LogP contribution is -2.43. The summed E-state index contributed by atoms with van der Waals surface area (Å²) < 4.78 is 21.5. The molecule has 6 fully saturated rings. The van der Waals surface area contributed by atoms with E-state index < -0.39 is 0 Å². The van der Waals surface area contributed by atoms with Gasteiger partial charge in [0, 0.05) is 135 Å². The standard InChI is InChI=1S/C20H33N5O3.C18H27N5O2.C18H31N5O2.2CH4/c1-3-28-20(27)24-11-4-5-17(7-14-24)23-12-8-18(9-13-23)25-19(6-10-22-25)15-21-16(2)26;1-3-25-18(24)22-11-4-5-15(7-14-22)21-12-8-16(9-13-21)23-17(19-2)6-10-20-23;1-2-25-18(24)22-10-3-4-15(6-13-22)21-11-7-16(8-12-21)23-17(14-19)5-9-20-23;;/h6,10,17-18H,3-5,7-9,11-15H2,1-2H3,(H,21,26);6,10,15-16H,3-5,7-9,11-14H2,1H3;5,9,15-16H,2-4,6-8,10-14,19H2,1H3;2*1H4. The minimum atomic E-state index is -0.174. The first-order chi connectivity index (χ1) is 38.0. The van der Waals surface area contributed by atoms with E-state index in [0.717, 1.165) is 186 Å². The first-order valence-corrected chi connectivity index (χ1v) is 29.4. The average Bonchev–Trinajstić information content (AvgIpc) is 4.11. The summed E-state index contributed by atoms with van der Waals surface area (Å²) in [6.45, 7) is 27.9. The van der Waals surface area contributed by atoms with Crippen LogP contribution in [0.25, 0.3) is 4.85 Å². The summed E-state index contributed by atoms with van der Waals surface area (Å²) >= 11 is 0. The van der Waals surface area contributed by atoms with E-state index in [4.69, 9.17) is 26.5 Å². The van der Waals surface area contributed by atoms with Gasteiger partial charge in [-0.3, -0.25) is 19.1 Å². The van der Waals surface area contributed by atoms with Crippen LogP contribution >= 0.6 is 0 Å². The van der Waals surface area contributed by atoms with Crippen molar-refractivity contribution in [1.29, 1.82) is 0 Å². The molecule has 6 saturated heterocycles. The summed E-state index contributed by atoms with van der Waals surface area (Å²) in [4.78, 5) is 63.9. The minimum absolute atomic E-state index is 0. The Morgan fingerprint density at radius 1 is 0.512 bits per heavy atom. The van der Waals surface area contributed by atoms with Crippen molar-refractivity contribution < 1.29 is 33.4 Å². The van der Waals surface area contributed by atoms with Crippen molar-refractivity contribution in [2.75, 3.05) is 98.4 Å². The van der Waals surface area contributed by atoms with Crippen molar-refractivity contribution in [1.82, 2.24) is 64.1 Å². The molecule has 6 aliphatic heterocycles. The van der Waals surface area contributed by atoms with Crippen LogP contribution in [0.5, 0.6) is 0 Å². The summed E-state index contributed by atoms with van der Waals surface area (Å²) in [7, 11) is 0. The van der Waals surface area contributed by atoms with Crippen LogP contribution < -0.4 is 11.1 Å². The SMILES string of the molecule is C.C.CCOC(=O)N1CCCC(N2CCC(n3nccc3CN)CC2)CC1.CCOC(=O)N1CCCC(N2CCC(n3nccc3CNC(C)=O)CC2)CC1.[C-]#[N+]c1ccnn1C1CCN(C2CCCN(C(=O)OCC)CC2)CC1. The molecule has 0 radical (unpaired) electrons. The first kappa shape index (κ1) is 65.1. The number of nitrogens with two attached hydrogens (primary N) is 1. The molecular weight excluding hydrogens is 1020 g/mol. The molecule has 0 bridgehead atoms. The highest BCUT2D eigenvalue weighted by molar-refractivity contribution is 5.72. The lowest BCUT2D eigenvalue weighted by molar-refractivity contribution is -0.119. The number of hydrogen-bond donors (Lipinski definition) is 2. The molecule has 3 unspecified atom stereocenters. The number of carbonyl (C=O) groups is 4. The second-order valence-electron chi connectivity index (χ2n) is 21.5. The largest absolute Gasteiger partial charge is 0.450 e. The lowest BCUT2D eigenvalue weighted by atomic mass is 10.00. The Bertz CT molecular complexity index is 2330. The number of ether oxygens (including phenoxy) is 3. The highest BCUT2D eigenvalue weighted by atomic mass is 16.6. The van der Waals surface area contributed by atoms with Crippen LogP contribution in [-0.4, -0.2) is 199 Å². The topological polar surface area (TPSA) is 211 Å². The predicted molar refractivity (Wildman–Crippen MR) is 310 cm³/mol. The molecular formula is C58H99N15O7. The number of hydrogen-bond acceptors (Lipinski definition) is 14. The van der Waals surface area contributed by atoms with E-state index in [2.05, 4.69) is 49.5 Å². The van der Waals surface area contributed by atoms with Crippen molar-refractivity contribution in [3.8, 4) is 0 Å². The monoisotopic (exact) mass is 1120 g/mol. The zero-order valence-electron chi connectivity index (χ0n) is 47.3. The van der Waals surface area contributed by atoms with Crippen LogP contribution in [-0.2, 0) is 32.1 Å². The van der Waals surface area contributed by atoms with Crippen molar-refractivity contribution in [3.63, 3.8) is 0 Å². The Labute approximate surface area is 477 Å². The number of piperidine rings is 3. The van der Waals surface area contributed by atoms with Crippen molar-refractivity contribution in [3.05, 3.63) is 59.6 Å². The van der Waals surface area contributed by atoms with Crippen molar-refractivity contribution in [2.24, 2.45) is 5.73 Å². The van der Waals surface area contributed by atoms with E-state index in [0.29, 0.717) is 75.0 Å². The summed E-state index contributed by atoms with van der Waals surface area (Å²) in [5.41, 5.74) is 7.99. The fourth-order valence-electron chi connectivity index (χ4n) is 12.5. The molecule has 0 aliphatic carbocycles. The number of nitrogens with zero attached hydrogens (tertiary/aromatic N) is 13. The third-order valence-electron chi connectivity index (χ3n) is 16.8. The van der Waals surface area contributed by atoms with Gasteiger partial charge in [0.1, 0.15) is 6.04 Å². The molecule has 9 heterocycles. The molecule has 22 heteroatoms. The molecule has 22 nitrogen and oxygen atoms in total. The van der Waals surface area contributed by atoms with E-state index >= 15 is 0 Å². The number of nitrogens with one attached hydrogen (secondary N) is 1. The van der Waals surface area contributed by atoms with Crippen LogP contribution in [0.4, 0.5) is 20.2 Å². The highest BCUT2D eigenvalue weighted by Crippen LogP contribution is 2.32. The second kappa shape index (κ2) is 33.9. The average molecular weight is 1120 g/mol. The summed E-state index contributed by atoms with van der Waals surface area (Å²) in [6.07, 6.45) is 20.9. The Kier molecular flexibility index (Phi) is 27.5. The molecule has 448 valence electrons. The molecule has 0 aromatic carbocycles. The molecule has 3 aromatic heterocycles. The number of likely N-dealkylation sites (tertiary alicyclic amines) is 6. The van der Waals surface area contributed by atoms with Gasteiger partial charge in [0.2, 0.25) is 5.91 Å². The van der Waals surface area contributed by atoms with Crippen molar-refractivity contribution >= 4 is 30.0 Å². The molecule has 3 N–H and O–H groups in total. The van der Waals surface area contributed by atoms with Gasteiger partial charge in [-0.1, -0.05) is 21.4 Å². The fourth-order valence-corrected chi connectivity index (χ4v) is 12.5. The van der Waals surface area contributed by atoms with Gasteiger partial charge in [-0.2, -0.15) is 14.9 Å². The molecule has 0 saturated carbocycles. The molecule has 6 aliphatic rings. The summed E-state index contributed by atoms with van der Waals surface area (Å²) in [5.74, 6) is 0.616. The van der Waals surface area contributed by atoms with Crippen molar-refractivity contribution in [2.45, 2.75) is 188 Å². The van der Waals surface area contributed by atoms with E-state index in [1.165, 1.54) is 6.92 Å². The predicted octanol–water partition coefficient (Wildman–Crippen LogP) is 8.51. The normalized spacial score (nSPS) is 22.2. The number of amides is 4. The molecule has 3 atom stereocenters. The highest BCUT2D eigenvalue weighted by Gasteiger charge is 2.33. The molecule has 0 spiro atoms. The van der Waals surface area contributed by atoms with Gasteiger partial charge < -0.3 is 54.6 Å². The number of rotatable bonds is 12. The molecule has 3 aromatic rings. The molecule has 4 amide bonds. The van der Waals surface area contributed by atoms with Gasteiger partial charge in [0.25, 0.3) is 5.82 Å². The van der Waals surface area contributed by atoms with Crippen LogP contribution in [0.15, 0.2) is 36.8 Å². The van der Waals surface area contributed by atoms with Gasteiger partial charge in [0.15, 0.2) is 0 Å². The first-order valence-electron chi connectivity index (χ1n) is 29.4. The van der Waals surface area contributed by atoms with E-state index in [1.54, 1.807) is 12.3 Å². The third kappa shape index (κ3) is 18.4. The minimum Gasteiger partial charge on any atom is -0.450 e. The second-order valence-corrected chi connectivity index (χ2v) is 21.5. The third-order valence-corrected chi connectivity index (χ3v) is 16.8. The van der Waals surface area contributed by atoms with E-state index in [-0.39, 0.29) is 39.0 Å².